The number of carbonyl (C=O) groups is 2. The molecule has 4 nitrogen and oxygen atoms in total. The van der Waals surface area contributed by atoms with Crippen LogP contribution in [0.25, 0.3) is 0 Å². The van der Waals surface area contributed by atoms with E-state index in [9.17, 15) is 9.59 Å². The molecular formula is C18H19ClN2O2. The molecule has 0 bridgehead atoms. The third kappa shape index (κ3) is 4.17. The number of hydrogen-bond acceptors (Lipinski definition) is 3. The van der Waals surface area contributed by atoms with Crippen LogP contribution in [-0.4, -0.2) is 16.7 Å². The zero-order valence-corrected chi connectivity index (χ0v) is 14.4. The van der Waals surface area contributed by atoms with Crippen LogP contribution in [-0.2, 0) is 4.79 Å². The fraction of sp³-hybridized carbons (Fsp3) is 0.278. The second-order valence-electron chi connectivity index (χ2n) is 6.39. The van der Waals surface area contributed by atoms with E-state index in [4.69, 9.17) is 11.6 Å². The van der Waals surface area contributed by atoms with E-state index >= 15 is 0 Å². The van der Waals surface area contributed by atoms with Crippen LogP contribution in [0, 0.1) is 12.3 Å². The fourth-order valence-corrected chi connectivity index (χ4v) is 2.10. The van der Waals surface area contributed by atoms with Crippen molar-refractivity contribution in [3.63, 3.8) is 0 Å². The topological polar surface area (TPSA) is 59.1 Å². The summed E-state index contributed by atoms with van der Waals surface area (Å²) in [4.78, 5) is 29.2. The van der Waals surface area contributed by atoms with Crippen molar-refractivity contribution in [2.45, 2.75) is 27.7 Å². The van der Waals surface area contributed by atoms with Gasteiger partial charge in [-0.15, -0.1) is 0 Å². The molecule has 0 aliphatic heterocycles. The monoisotopic (exact) mass is 330 g/mol. The van der Waals surface area contributed by atoms with Crippen LogP contribution in [0.2, 0.25) is 5.02 Å². The van der Waals surface area contributed by atoms with Gasteiger partial charge in [-0.1, -0.05) is 38.4 Å². The van der Waals surface area contributed by atoms with Crippen LogP contribution in [0.5, 0.6) is 0 Å². The number of benzene rings is 1. The standard InChI is InChI=1S/C18H19ClN2O2/c1-11-6-5-7-15(20-11)16(22)13-10-12(19)8-9-14(13)21-17(23)18(2,3)4/h5-10H,1-4H3,(H,21,23). The van der Waals surface area contributed by atoms with Crippen LogP contribution in [0.1, 0.15) is 42.5 Å². The van der Waals surface area contributed by atoms with Crippen LogP contribution in [0.15, 0.2) is 36.4 Å². The summed E-state index contributed by atoms with van der Waals surface area (Å²) in [6.07, 6.45) is 0. The van der Waals surface area contributed by atoms with E-state index < -0.39 is 5.41 Å². The second-order valence-corrected chi connectivity index (χ2v) is 6.82. The molecule has 0 unspecified atom stereocenters. The molecule has 0 saturated heterocycles. The van der Waals surface area contributed by atoms with Crippen molar-refractivity contribution in [3.8, 4) is 0 Å². The summed E-state index contributed by atoms with van der Waals surface area (Å²) < 4.78 is 0. The van der Waals surface area contributed by atoms with Crippen LogP contribution in [0.3, 0.4) is 0 Å². The molecule has 2 rings (SSSR count). The Morgan fingerprint density at radius 2 is 1.83 bits per heavy atom. The molecular weight excluding hydrogens is 312 g/mol. The van der Waals surface area contributed by atoms with Crippen LogP contribution in [0.4, 0.5) is 5.69 Å². The summed E-state index contributed by atoms with van der Waals surface area (Å²) in [5.74, 6) is -0.452. The Morgan fingerprint density at radius 1 is 1.13 bits per heavy atom. The maximum absolute atomic E-state index is 12.7. The number of aryl methyl sites for hydroxylation is 1. The predicted molar refractivity (Wildman–Crippen MR) is 91.9 cm³/mol. The first-order valence-corrected chi connectivity index (χ1v) is 7.65. The zero-order valence-electron chi connectivity index (χ0n) is 13.6. The summed E-state index contributed by atoms with van der Waals surface area (Å²) in [5.41, 5.74) is 1.26. The third-order valence-corrected chi connectivity index (χ3v) is 3.51. The molecule has 0 fully saturated rings. The van der Waals surface area contributed by atoms with Gasteiger partial charge in [-0.05, 0) is 37.3 Å². The van der Waals surface area contributed by atoms with E-state index in [2.05, 4.69) is 10.3 Å². The first-order valence-electron chi connectivity index (χ1n) is 7.28. The summed E-state index contributed by atoms with van der Waals surface area (Å²) in [6.45, 7) is 7.24. The average Bonchev–Trinajstić information content (AvgIpc) is 2.47. The molecule has 1 aromatic carbocycles. The van der Waals surface area contributed by atoms with Gasteiger partial charge in [0.25, 0.3) is 0 Å². The Bertz CT molecular complexity index is 764. The molecule has 0 aliphatic carbocycles. The molecule has 1 heterocycles. The first kappa shape index (κ1) is 17.2. The average molecular weight is 331 g/mol. The summed E-state index contributed by atoms with van der Waals surface area (Å²) in [5, 5.41) is 3.22. The summed E-state index contributed by atoms with van der Waals surface area (Å²) in [7, 11) is 0. The quantitative estimate of drug-likeness (QED) is 0.855. The number of aromatic nitrogens is 1. The van der Waals surface area contributed by atoms with E-state index in [1.807, 2.05) is 33.8 Å². The van der Waals surface area contributed by atoms with Gasteiger partial charge in [0.1, 0.15) is 5.69 Å². The Hall–Kier alpha value is -2.20. The van der Waals surface area contributed by atoms with E-state index in [-0.39, 0.29) is 11.7 Å². The van der Waals surface area contributed by atoms with E-state index in [0.29, 0.717) is 22.0 Å². The van der Waals surface area contributed by atoms with Crippen molar-refractivity contribution in [2.24, 2.45) is 5.41 Å². The molecule has 0 aliphatic rings. The molecule has 0 saturated carbocycles. The molecule has 1 aromatic heterocycles. The van der Waals surface area contributed by atoms with Crippen molar-refractivity contribution in [1.29, 1.82) is 0 Å². The lowest BCUT2D eigenvalue weighted by atomic mass is 9.95. The molecule has 2 aromatic rings. The molecule has 0 spiro atoms. The first-order chi connectivity index (χ1) is 10.7. The molecule has 0 radical (unpaired) electrons. The van der Waals surface area contributed by atoms with Crippen molar-refractivity contribution >= 4 is 29.0 Å². The lowest BCUT2D eigenvalue weighted by molar-refractivity contribution is -0.123. The van der Waals surface area contributed by atoms with Gasteiger partial charge in [-0.25, -0.2) is 4.98 Å². The second kappa shape index (κ2) is 6.50. The maximum atomic E-state index is 12.7. The van der Waals surface area contributed by atoms with Crippen molar-refractivity contribution in [2.75, 3.05) is 5.32 Å². The largest absolute Gasteiger partial charge is 0.325 e. The van der Waals surface area contributed by atoms with Crippen LogP contribution < -0.4 is 5.32 Å². The molecule has 120 valence electrons. The number of ketones is 1. The van der Waals surface area contributed by atoms with Crippen molar-refractivity contribution in [3.05, 3.63) is 58.4 Å². The maximum Gasteiger partial charge on any atom is 0.229 e. The molecule has 0 atom stereocenters. The normalized spacial score (nSPS) is 11.2. The number of nitrogens with one attached hydrogen (secondary N) is 1. The van der Waals surface area contributed by atoms with Gasteiger partial charge in [-0.3, -0.25) is 9.59 Å². The lowest BCUT2D eigenvalue weighted by Crippen LogP contribution is -2.28. The summed E-state index contributed by atoms with van der Waals surface area (Å²) in [6, 6.07) is 10.1. The highest BCUT2D eigenvalue weighted by atomic mass is 35.5. The van der Waals surface area contributed by atoms with Crippen LogP contribution >= 0.6 is 11.6 Å². The van der Waals surface area contributed by atoms with Gasteiger partial charge in [-0.2, -0.15) is 0 Å². The van der Waals surface area contributed by atoms with Gasteiger partial charge >= 0.3 is 0 Å². The number of anilines is 1. The number of pyridine rings is 1. The van der Waals surface area contributed by atoms with Gasteiger partial charge in [0.15, 0.2) is 0 Å². The van der Waals surface area contributed by atoms with Gasteiger partial charge in [0.05, 0.1) is 5.69 Å². The summed E-state index contributed by atoms with van der Waals surface area (Å²) >= 11 is 6.02. The molecule has 23 heavy (non-hydrogen) atoms. The minimum absolute atomic E-state index is 0.175. The van der Waals surface area contributed by atoms with E-state index in [1.165, 1.54) is 0 Å². The number of hydrogen-bond donors (Lipinski definition) is 1. The van der Waals surface area contributed by atoms with E-state index in [0.717, 1.165) is 5.69 Å². The molecule has 1 amide bonds. The number of rotatable bonds is 3. The number of nitrogens with zero attached hydrogens (tertiary/aromatic N) is 1. The Labute approximate surface area is 140 Å². The minimum atomic E-state index is -0.568. The van der Waals surface area contributed by atoms with E-state index in [1.54, 1.807) is 30.3 Å². The van der Waals surface area contributed by atoms with Crippen molar-refractivity contribution < 1.29 is 9.59 Å². The SMILES string of the molecule is Cc1cccc(C(=O)c2cc(Cl)ccc2NC(=O)C(C)(C)C)n1. The third-order valence-electron chi connectivity index (χ3n) is 3.28. The molecule has 1 N–H and O–H groups in total. The Balaban J connectivity index is 2.43. The zero-order chi connectivity index (χ0) is 17.2. The fourth-order valence-electron chi connectivity index (χ4n) is 1.93. The highest BCUT2D eigenvalue weighted by molar-refractivity contribution is 6.31. The lowest BCUT2D eigenvalue weighted by Gasteiger charge is -2.19. The number of carbonyl (C=O) groups excluding carboxylic acids is 2. The Morgan fingerprint density at radius 3 is 2.43 bits per heavy atom. The smallest absolute Gasteiger partial charge is 0.229 e. The Kier molecular flexibility index (Phi) is 4.85. The van der Waals surface area contributed by atoms with Gasteiger partial charge in [0, 0.05) is 21.7 Å². The minimum Gasteiger partial charge on any atom is -0.325 e. The van der Waals surface area contributed by atoms with Crippen molar-refractivity contribution in [1.82, 2.24) is 4.98 Å². The van der Waals surface area contributed by atoms with Gasteiger partial charge in [0.2, 0.25) is 11.7 Å². The highest BCUT2D eigenvalue weighted by Gasteiger charge is 2.24. The number of halogens is 1. The predicted octanol–water partition coefficient (Wildman–Crippen LogP) is 4.26. The number of amides is 1. The van der Waals surface area contributed by atoms with Gasteiger partial charge < -0.3 is 5.32 Å². The molecule has 5 heteroatoms. The highest BCUT2D eigenvalue weighted by Crippen LogP contribution is 2.25.